The highest BCUT2D eigenvalue weighted by Crippen LogP contribution is 2.34. The topological polar surface area (TPSA) is 63.0 Å². The van der Waals surface area contributed by atoms with E-state index in [2.05, 4.69) is 9.97 Å². The Hall–Kier alpha value is -3.77. The van der Waals surface area contributed by atoms with E-state index in [1.165, 1.54) is 0 Å². The van der Waals surface area contributed by atoms with E-state index in [9.17, 15) is 4.79 Å². The molecular formula is C23H16N4OS. The number of imidazole rings is 1. The van der Waals surface area contributed by atoms with Crippen LogP contribution in [-0.4, -0.2) is 20.7 Å². The molecule has 0 unspecified atom stereocenters. The van der Waals surface area contributed by atoms with Gasteiger partial charge in [0.05, 0.1) is 16.7 Å². The molecule has 140 valence electrons. The number of aliphatic imine (C=N–C) groups is 1. The van der Waals surface area contributed by atoms with Crippen molar-refractivity contribution in [3.05, 3.63) is 100 Å². The smallest absolute Gasteiger partial charge is 0.314 e. The number of benzene rings is 3. The van der Waals surface area contributed by atoms with E-state index < -0.39 is 0 Å². The van der Waals surface area contributed by atoms with Crippen molar-refractivity contribution >= 4 is 34.4 Å². The maximum absolute atomic E-state index is 12.9. The van der Waals surface area contributed by atoms with Gasteiger partial charge in [0, 0.05) is 6.21 Å². The van der Waals surface area contributed by atoms with Crippen LogP contribution < -0.4 is 4.87 Å². The third kappa shape index (κ3) is 3.30. The monoisotopic (exact) mass is 396 g/mol. The van der Waals surface area contributed by atoms with Crippen molar-refractivity contribution in [3.8, 4) is 16.4 Å². The number of hydrogen-bond donors (Lipinski definition) is 1. The van der Waals surface area contributed by atoms with Crippen molar-refractivity contribution in [2.24, 2.45) is 4.99 Å². The highest BCUT2D eigenvalue weighted by atomic mass is 32.1. The molecule has 0 saturated heterocycles. The van der Waals surface area contributed by atoms with E-state index in [0.717, 1.165) is 33.6 Å². The maximum atomic E-state index is 12.9. The molecule has 5 aromatic rings. The number of hydrogen-bond acceptors (Lipinski definition) is 4. The lowest BCUT2D eigenvalue weighted by molar-refractivity contribution is 1.03. The molecule has 0 bridgehead atoms. The zero-order valence-electron chi connectivity index (χ0n) is 15.3. The van der Waals surface area contributed by atoms with Crippen molar-refractivity contribution in [2.75, 3.05) is 0 Å². The molecule has 0 atom stereocenters. The van der Waals surface area contributed by atoms with Gasteiger partial charge in [0.1, 0.15) is 4.88 Å². The Kier molecular flexibility index (Phi) is 4.38. The number of nitrogens with one attached hydrogen (secondary N) is 1. The van der Waals surface area contributed by atoms with Gasteiger partial charge in [-0.3, -0.25) is 9.36 Å². The van der Waals surface area contributed by atoms with E-state index in [-0.39, 0.29) is 4.87 Å². The maximum Gasteiger partial charge on any atom is 0.314 e. The molecule has 0 amide bonds. The summed E-state index contributed by atoms with van der Waals surface area (Å²) in [5.74, 6) is 1.21. The standard InChI is InChI=1S/C23H16N4OS/c28-23-27(17-11-5-2-6-12-17)22(24-15-16-9-3-1-4-10-16)20(29-23)21-25-18-13-7-8-14-19(18)26-21/h1-15H,(H,25,26)/b24-15+. The van der Waals surface area contributed by atoms with Gasteiger partial charge in [-0.05, 0) is 29.8 Å². The number of rotatable bonds is 4. The summed E-state index contributed by atoms with van der Waals surface area (Å²) in [6.07, 6.45) is 1.77. The highest BCUT2D eigenvalue weighted by molar-refractivity contribution is 7.13. The third-order valence-corrected chi connectivity index (χ3v) is 5.48. The second kappa shape index (κ2) is 7.33. The van der Waals surface area contributed by atoms with Crippen molar-refractivity contribution in [2.45, 2.75) is 0 Å². The molecular weight excluding hydrogens is 380 g/mol. The molecule has 2 heterocycles. The number of fused-ring (bicyclic) bond motifs is 1. The predicted molar refractivity (Wildman–Crippen MR) is 119 cm³/mol. The van der Waals surface area contributed by atoms with Gasteiger partial charge in [0.25, 0.3) is 0 Å². The summed E-state index contributed by atoms with van der Waals surface area (Å²) in [6.45, 7) is 0. The lowest BCUT2D eigenvalue weighted by Gasteiger charge is -2.05. The van der Waals surface area contributed by atoms with Crippen molar-refractivity contribution < 1.29 is 0 Å². The van der Waals surface area contributed by atoms with E-state index in [1.54, 1.807) is 10.8 Å². The van der Waals surface area contributed by atoms with Crippen LogP contribution in [0.15, 0.2) is 94.7 Å². The minimum absolute atomic E-state index is 0.105. The van der Waals surface area contributed by atoms with Crippen LogP contribution in [0, 0.1) is 0 Å². The van der Waals surface area contributed by atoms with Crippen LogP contribution in [0.25, 0.3) is 27.4 Å². The zero-order valence-corrected chi connectivity index (χ0v) is 16.1. The molecule has 0 fully saturated rings. The van der Waals surface area contributed by atoms with Crippen LogP contribution in [0.3, 0.4) is 0 Å². The molecule has 5 rings (SSSR count). The molecule has 0 radical (unpaired) electrons. The lowest BCUT2D eigenvalue weighted by Crippen LogP contribution is -2.09. The quantitative estimate of drug-likeness (QED) is 0.425. The van der Waals surface area contributed by atoms with Gasteiger partial charge in [-0.1, -0.05) is 72.0 Å². The second-order valence-electron chi connectivity index (χ2n) is 6.46. The predicted octanol–water partition coefficient (Wildman–Crippen LogP) is 5.19. The molecule has 0 aliphatic rings. The Labute approximate surface area is 170 Å². The van der Waals surface area contributed by atoms with Crippen LogP contribution >= 0.6 is 11.3 Å². The molecule has 5 nitrogen and oxygen atoms in total. The first-order valence-corrected chi connectivity index (χ1v) is 9.97. The van der Waals surface area contributed by atoms with E-state index in [1.807, 2.05) is 84.9 Å². The van der Waals surface area contributed by atoms with Crippen LogP contribution in [0.1, 0.15) is 5.56 Å². The van der Waals surface area contributed by atoms with E-state index in [0.29, 0.717) is 16.5 Å². The average Bonchev–Trinajstić information content (AvgIpc) is 3.34. The Balaban J connectivity index is 1.72. The van der Waals surface area contributed by atoms with Gasteiger partial charge in [0.15, 0.2) is 11.6 Å². The largest absolute Gasteiger partial charge is 0.337 e. The molecule has 0 saturated carbocycles. The number of H-pyrrole nitrogens is 1. The van der Waals surface area contributed by atoms with Crippen LogP contribution in [-0.2, 0) is 0 Å². The summed E-state index contributed by atoms with van der Waals surface area (Å²) in [7, 11) is 0. The van der Waals surface area contributed by atoms with E-state index >= 15 is 0 Å². The second-order valence-corrected chi connectivity index (χ2v) is 7.42. The average molecular weight is 396 g/mol. The summed E-state index contributed by atoms with van der Waals surface area (Å²) in [5, 5.41) is 0. The first-order valence-electron chi connectivity index (χ1n) is 9.15. The minimum atomic E-state index is -0.105. The number of aromatic nitrogens is 3. The SMILES string of the molecule is O=c1sc(-c2nc3ccccc3[nH]2)c(/N=C/c2ccccc2)n1-c1ccccc1. The molecule has 0 aliphatic heterocycles. The van der Waals surface area contributed by atoms with E-state index in [4.69, 9.17) is 4.99 Å². The zero-order chi connectivity index (χ0) is 19.6. The fourth-order valence-electron chi connectivity index (χ4n) is 3.18. The van der Waals surface area contributed by atoms with Crippen LogP contribution in [0.4, 0.5) is 5.82 Å². The molecule has 6 heteroatoms. The minimum Gasteiger partial charge on any atom is -0.337 e. The summed E-state index contributed by atoms with van der Waals surface area (Å²) < 4.78 is 1.63. The summed E-state index contributed by atoms with van der Waals surface area (Å²) >= 11 is 1.14. The van der Waals surface area contributed by atoms with Crippen molar-refractivity contribution in [1.82, 2.24) is 14.5 Å². The third-order valence-electron chi connectivity index (χ3n) is 4.54. The van der Waals surface area contributed by atoms with Gasteiger partial charge >= 0.3 is 4.87 Å². The van der Waals surface area contributed by atoms with Gasteiger partial charge in [-0.25, -0.2) is 9.98 Å². The highest BCUT2D eigenvalue weighted by Gasteiger charge is 2.19. The fraction of sp³-hybridized carbons (Fsp3) is 0. The van der Waals surface area contributed by atoms with Gasteiger partial charge < -0.3 is 4.98 Å². The number of thiazole rings is 1. The molecule has 2 aromatic heterocycles. The van der Waals surface area contributed by atoms with Gasteiger partial charge in [-0.2, -0.15) is 0 Å². The summed E-state index contributed by atoms with van der Waals surface area (Å²) in [4.78, 5) is 26.2. The Morgan fingerprint density at radius 1 is 0.897 bits per heavy atom. The number of aromatic amines is 1. The molecule has 29 heavy (non-hydrogen) atoms. The number of nitrogens with zero attached hydrogens (tertiary/aromatic N) is 3. The summed E-state index contributed by atoms with van der Waals surface area (Å²) in [5.41, 5.74) is 3.51. The van der Waals surface area contributed by atoms with Crippen LogP contribution in [0.2, 0.25) is 0 Å². The first kappa shape index (κ1) is 17.3. The Morgan fingerprint density at radius 3 is 2.34 bits per heavy atom. The lowest BCUT2D eigenvalue weighted by atomic mass is 10.2. The van der Waals surface area contributed by atoms with Crippen LogP contribution in [0.5, 0.6) is 0 Å². The molecule has 0 spiro atoms. The Bertz CT molecular complexity index is 1330. The van der Waals surface area contributed by atoms with Crippen molar-refractivity contribution in [3.63, 3.8) is 0 Å². The first-order chi connectivity index (χ1) is 14.3. The normalized spacial score (nSPS) is 11.4. The van der Waals surface area contributed by atoms with Gasteiger partial charge in [-0.15, -0.1) is 0 Å². The van der Waals surface area contributed by atoms with Crippen molar-refractivity contribution in [1.29, 1.82) is 0 Å². The molecule has 0 aliphatic carbocycles. The van der Waals surface area contributed by atoms with Gasteiger partial charge in [0.2, 0.25) is 0 Å². The molecule has 3 aromatic carbocycles. The summed E-state index contributed by atoms with van der Waals surface area (Å²) in [6, 6.07) is 27.2. The number of para-hydroxylation sites is 3. The fourth-order valence-corrected chi connectivity index (χ4v) is 4.06. The molecule has 1 N–H and O–H groups in total. The Morgan fingerprint density at radius 2 is 1.59 bits per heavy atom.